The fourth-order valence-electron chi connectivity index (χ4n) is 2.05. The van der Waals surface area contributed by atoms with Gasteiger partial charge in [0.25, 0.3) is 0 Å². The molecule has 2 rings (SSSR count). The van der Waals surface area contributed by atoms with Crippen LogP contribution in [0.15, 0.2) is 10.2 Å². The number of thiocarbonyl (C=S) groups is 2. The maximum Gasteiger partial charge on any atom is 0.215 e. The van der Waals surface area contributed by atoms with Gasteiger partial charge in [0.05, 0.1) is 14.2 Å². The summed E-state index contributed by atoms with van der Waals surface area (Å²) in [6.07, 6.45) is 4.94. The number of rotatable bonds is 6. The quantitative estimate of drug-likeness (QED) is 0.316. The lowest BCUT2D eigenvalue weighted by Gasteiger charge is -2.17. The molecule has 0 N–H and O–H groups in total. The Hall–Kier alpha value is -1.28. The zero-order valence-corrected chi connectivity index (χ0v) is 15.7. The minimum Gasteiger partial charge on any atom is -0.483 e. The molecular weight excluding hydrogens is 332 g/mol. The first-order valence-electron chi connectivity index (χ1n) is 7.74. The van der Waals surface area contributed by atoms with Crippen molar-refractivity contribution in [2.45, 2.75) is 32.1 Å². The van der Waals surface area contributed by atoms with E-state index in [1.807, 2.05) is 14.1 Å². The summed E-state index contributed by atoms with van der Waals surface area (Å²) in [5.41, 5.74) is 0. The van der Waals surface area contributed by atoms with E-state index in [4.69, 9.17) is 33.9 Å². The molecule has 6 nitrogen and oxygen atoms in total. The molecule has 2 fully saturated rings. The molecule has 0 saturated heterocycles. The number of hydrazone groups is 2. The smallest absolute Gasteiger partial charge is 0.215 e. The van der Waals surface area contributed by atoms with Crippen LogP contribution in [0.25, 0.3) is 0 Å². The molecule has 0 aliphatic heterocycles. The third-order valence-corrected chi connectivity index (χ3v) is 4.98. The Kier molecular flexibility index (Phi) is 6.29. The van der Waals surface area contributed by atoms with Crippen molar-refractivity contribution >= 4 is 46.2 Å². The second-order valence-electron chi connectivity index (χ2n) is 5.84. The maximum atomic E-state index is 5.39. The van der Waals surface area contributed by atoms with Gasteiger partial charge in [-0.25, -0.2) is 0 Å². The number of hydrogen-bond donors (Lipinski definition) is 0. The zero-order valence-electron chi connectivity index (χ0n) is 14.1. The minimum atomic E-state index is 0.349. The summed E-state index contributed by atoms with van der Waals surface area (Å²) in [6, 6.07) is 0. The van der Waals surface area contributed by atoms with Crippen LogP contribution in [-0.2, 0) is 9.47 Å². The average molecular weight is 357 g/mol. The Morgan fingerprint density at radius 3 is 1.48 bits per heavy atom. The Bertz CT molecular complexity index is 482. The molecule has 0 bridgehead atoms. The minimum absolute atomic E-state index is 0.349. The van der Waals surface area contributed by atoms with Crippen LogP contribution in [-0.4, -0.2) is 60.1 Å². The summed E-state index contributed by atoms with van der Waals surface area (Å²) in [4.78, 5) is 1.70. The topological polar surface area (TPSA) is 49.7 Å². The monoisotopic (exact) mass is 356 g/mol. The molecule has 0 atom stereocenters. The number of methoxy groups -OCH3 is 2. The van der Waals surface area contributed by atoms with Crippen LogP contribution in [0.2, 0.25) is 0 Å². The molecule has 23 heavy (non-hydrogen) atoms. The predicted octanol–water partition coefficient (Wildman–Crippen LogP) is 2.63. The molecule has 2 saturated carbocycles. The van der Waals surface area contributed by atoms with Crippen LogP contribution >= 0.6 is 24.4 Å². The van der Waals surface area contributed by atoms with Crippen molar-refractivity contribution in [2.24, 2.45) is 22.0 Å². The largest absolute Gasteiger partial charge is 0.483 e. The van der Waals surface area contributed by atoms with E-state index in [0.29, 0.717) is 30.1 Å². The summed E-state index contributed by atoms with van der Waals surface area (Å²) in [5.74, 6) is 1.97. The third-order valence-electron chi connectivity index (χ3n) is 3.79. The van der Waals surface area contributed by atoms with Crippen molar-refractivity contribution in [3.05, 3.63) is 0 Å². The standard InChI is InChI=1S/C15H24N4O2S2/c1-18(14(22)10-5-6-10)16-12(20-3)9-13(21-4)17-19(2)15(23)11-7-8-11/h10-11H,5-9H2,1-4H3. The molecule has 128 valence electrons. The van der Waals surface area contributed by atoms with Gasteiger partial charge in [-0.2, -0.15) is 0 Å². The predicted molar refractivity (Wildman–Crippen MR) is 99.7 cm³/mol. The molecule has 0 aromatic heterocycles. The lowest BCUT2D eigenvalue weighted by molar-refractivity contribution is 0.351. The van der Waals surface area contributed by atoms with Gasteiger partial charge >= 0.3 is 0 Å². The van der Waals surface area contributed by atoms with Crippen LogP contribution in [0.1, 0.15) is 32.1 Å². The molecule has 0 heterocycles. The van der Waals surface area contributed by atoms with Crippen LogP contribution in [0.3, 0.4) is 0 Å². The highest BCUT2D eigenvalue weighted by Crippen LogP contribution is 2.32. The highest BCUT2D eigenvalue weighted by atomic mass is 32.1. The van der Waals surface area contributed by atoms with Crippen LogP contribution in [0, 0.1) is 11.8 Å². The van der Waals surface area contributed by atoms with E-state index in [0.717, 1.165) is 35.7 Å². The van der Waals surface area contributed by atoms with Crippen molar-refractivity contribution in [3.8, 4) is 0 Å². The van der Waals surface area contributed by atoms with E-state index in [1.54, 1.807) is 24.2 Å². The van der Waals surface area contributed by atoms with E-state index < -0.39 is 0 Å². The van der Waals surface area contributed by atoms with Crippen molar-refractivity contribution < 1.29 is 9.47 Å². The molecule has 0 radical (unpaired) electrons. The molecule has 0 amide bonds. The molecule has 0 aromatic carbocycles. The lowest BCUT2D eigenvalue weighted by atomic mass is 10.4. The van der Waals surface area contributed by atoms with E-state index in [-0.39, 0.29) is 0 Å². The van der Waals surface area contributed by atoms with Gasteiger partial charge in [0.2, 0.25) is 11.8 Å². The first-order valence-corrected chi connectivity index (χ1v) is 8.56. The summed E-state index contributed by atoms with van der Waals surface area (Å²) < 4.78 is 10.7. The second kappa shape index (κ2) is 8.01. The maximum absolute atomic E-state index is 5.39. The Morgan fingerprint density at radius 1 is 0.870 bits per heavy atom. The Balaban J connectivity index is 1.98. The highest BCUT2D eigenvalue weighted by Gasteiger charge is 2.30. The van der Waals surface area contributed by atoms with E-state index in [2.05, 4.69) is 10.2 Å². The summed E-state index contributed by atoms with van der Waals surface area (Å²) >= 11 is 10.8. The van der Waals surface area contributed by atoms with Gasteiger partial charge in [-0.1, -0.05) is 24.4 Å². The normalized spacial score (nSPS) is 18.4. The average Bonchev–Trinajstić information content (AvgIpc) is 3.42. The van der Waals surface area contributed by atoms with Gasteiger partial charge in [0, 0.05) is 25.9 Å². The molecule has 0 spiro atoms. The molecule has 0 aromatic rings. The Morgan fingerprint density at radius 2 is 1.22 bits per heavy atom. The van der Waals surface area contributed by atoms with Crippen molar-refractivity contribution in [1.29, 1.82) is 0 Å². The van der Waals surface area contributed by atoms with E-state index >= 15 is 0 Å². The number of ether oxygens (including phenoxy) is 2. The van der Waals surface area contributed by atoms with E-state index in [1.165, 1.54) is 0 Å². The lowest BCUT2D eigenvalue weighted by Crippen LogP contribution is -2.26. The van der Waals surface area contributed by atoms with Gasteiger partial charge in [-0.05, 0) is 25.7 Å². The zero-order chi connectivity index (χ0) is 17.0. The SMILES string of the molecule is COC(CC(=NN(C)C(=S)C1CC1)OC)=NN(C)C(=S)C1CC1. The summed E-state index contributed by atoms with van der Waals surface area (Å²) in [5, 5.41) is 12.2. The third kappa shape index (κ3) is 5.39. The summed E-state index contributed by atoms with van der Waals surface area (Å²) in [6.45, 7) is 0. The molecule has 0 unspecified atom stereocenters. The van der Waals surface area contributed by atoms with Crippen LogP contribution < -0.4 is 0 Å². The van der Waals surface area contributed by atoms with Gasteiger partial charge < -0.3 is 9.47 Å². The molecule has 2 aliphatic rings. The fraction of sp³-hybridized carbons (Fsp3) is 0.733. The Labute approximate surface area is 148 Å². The van der Waals surface area contributed by atoms with Crippen LogP contribution in [0.5, 0.6) is 0 Å². The first-order chi connectivity index (χ1) is 11.0. The van der Waals surface area contributed by atoms with Crippen molar-refractivity contribution in [3.63, 3.8) is 0 Å². The van der Waals surface area contributed by atoms with Gasteiger partial charge in [-0.15, -0.1) is 10.2 Å². The van der Waals surface area contributed by atoms with E-state index in [9.17, 15) is 0 Å². The fourth-order valence-corrected chi connectivity index (χ4v) is 2.60. The van der Waals surface area contributed by atoms with Gasteiger partial charge in [-0.3, -0.25) is 10.0 Å². The molecular formula is C15H24N4O2S2. The number of nitrogens with zero attached hydrogens (tertiary/aromatic N) is 4. The summed E-state index contributed by atoms with van der Waals surface area (Å²) in [7, 11) is 6.85. The molecule has 8 heteroatoms. The second-order valence-corrected chi connectivity index (χ2v) is 6.68. The first kappa shape index (κ1) is 18.1. The van der Waals surface area contributed by atoms with Gasteiger partial charge in [0.15, 0.2) is 0 Å². The van der Waals surface area contributed by atoms with Crippen LogP contribution in [0.4, 0.5) is 0 Å². The van der Waals surface area contributed by atoms with Crippen molar-refractivity contribution in [1.82, 2.24) is 10.0 Å². The highest BCUT2D eigenvalue weighted by molar-refractivity contribution is 7.80. The van der Waals surface area contributed by atoms with Crippen molar-refractivity contribution in [2.75, 3.05) is 28.3 Å². The molecule has 2 aliphatic carbocycles. The number of hydrogen-bond acceptors (Lipinski definition) is 6. The van der Waals surface area contributed by atoms with Gasteiger partial charge in [0.1, 0.15) is 16.4 Å².